The monoisotopic (exact) mass is 206 g/mol. The predicted octanol–water partition coefficient (Wildman–Crippen LogP) is 2.49. The highest BCUT2D eigenvalue weighted by Crippen LogP contribution is 2.38. The molecule has 0 aromatic heterocycles. The van der Waals surface area contributed by atoms with Gasteiger partial charge in [-0.25, -0.2) is 0 Å². The maximum Gasteiger partial charge on any atom is 0.115 e. The average molecular weight is 206 g/mol. The zero-order valence-electron chi connectivity index (χ0n) is 9.11. The SMILES string of the molecule is CC1CCCC1(O)Cc1cccc(O)c1. The van der Waals surface area contributed by atoms with Crippen LogP contribution in [0.4, 0.5) is 0 Å². The van der Waals surface area contributed by atoms with E-state index in [-0.39, 0.29) is 5.75 Å². The number of phenols is 1. The lowest BCUT2D eigenvalue weighted by Crippen LogP contribution is -2.33. The molecule has 0 spiro atoms. The van der Waals surface area contributed by atoms with Gasteiger partial charge in [-0.1, -0.05) is 25.5 Å². The van der Waals surface area contributed by atoms with Crippen molar-refractivity contribution in [3.05, 3.63) is 29.8 Å². The lowest BCUT2D eigenvalue weighted by molar-refractivity contribution is 0.00957. The van der Waals surface area contributed by atoms with Crippen molar-refractivity contribution in [2.45, 2.75) is 38.2 Å². The Labute approximate surface area is 90.6 Å². The molecule has 1 fully saturated rings. The first-order valence-electron chi connectivity index (χ1n) is 5.60. The number of hydrogen-bond acceptors (Lipinski definition) is 2. The second kappa shape index (κ2) is 3.86. The number of aliphatic hydroxyl groups is 1. The first kappa shape index (κ1) is 10.5. The van der Waals surface area contributed by atoms with E-state index in [4.69, 9.17) is 0 Å². The highest BCUT2D eigenvalue weighted by Gasteiger charge is 2.37. The van der Waals surface area contributed by atoms with Crippen LogP contribution in [0.1, 0.15) is 31.7 Å². The molecule has 0 bridgehead atoms. The summed E-state index contributed by atoms with van der Waals surface area (Å²) in [5, 5.41) is 19.8. The van der Waals surface area contributed by atoms with Crippen LogP contribution in [-0.4, -0.2) is 15.8 Å². The van der Waals surface area contributed by atoms with Crippen molar-refractivity contribution in [3.63, 3.8) is 0 Å². The quantitative estimate of drug-likeness (QED) is 0.780. The molecule has 0 heterocycles. The minimum Gasteiger partial charge on any atom is -0.508 e. The summed E-state index contributed by atoms with van der Waals surface area (Å²) < 4.78 is 0. The molecule has 0 amide bonds. The molecule has 2 N–H and O–H groups in total. The van der Waals surface area contributed by atoms with Gasteiger partial charge >= 0.3 is 0 Å². The molecule has 1 saturated carbocycles. The fourth-order valence-corrected chi connectivity index (χ4v) is 2.51. The number of phenolic OH excluding ortho intramolecular Hbond substituents is 1. The van der Waals surface area contributed by atoms with Crippen LogP contribution in [-0.2, 0) is 6.42 Å². The lowest BCUT2D eigenvalue weighted by atomic mass is 9.86. The van der Waals surface area contributed by atoms with Gasteiger partial charge in [-0.3, -0.25) is 0 Å². The van der Waals surface area contributed by atoms with Gasteiger partial charge in [0.15, 0.2) is 0 Å². The fraction of sp³-hybridized carbons (Fsp3) is 0.538. The van der Waals surface area contributed by atoms with Crippen molar-refractivity contribution in [2.24, 2.45) is 5.92 Å². The molecule has 0 radical (unpaired) electrons. The van der Waals surface area contributed by atoms with Crippen molar-refractivity contribution in [1.82, 2.24) is 0 Å². The predicted molar refractivity (Wildman–Crippen MR) is 59.8 cm³/mol. The highest BCUT2D eigenvalue weighted by atomic mass is 16.3. The number of rotatable bonds is 2. The van der Waals surface area contributed by atoms with Gasteiger partial charge in [0.05, 0.1) is 5.60 Å². The molecular weight excluding hydrogens is 188 g/mol. The van der Waals surface area contributed by atoms with Crippen LogP contribution >= 0.6 is 0 Å². The van der Waals surface area contributed by atoms with Crippen LogP contribution in [0.5, 0.6) is 5.75 Å². The number of hydrogen-bond donors (Lipinski definition) is 2. The van der Waals surface area contributed by atoms with E-state index >= 15 is 0 Å². The maximum absolute atomic E-state index is 10.4. The zero-order chi connectivity index (χ0) is 10.9. The molecule has 15 heavy (non-hydrogen) atoms. The normalized spacial score (nSPS) is 30.7. The minimum absolute atomic E-state index is 0.279. The molecule has 1 aliphatic carbocycles. The average Bonchev–Trinajstić information content (AvgIpc) is 2.47. The fourth-order valence-electron chi connectivity index (χ4n) is 2.51. The van der Waals surface area contributed by atoms with Crippen LogP contribution in [0.25, 0.3) is 0 Å². The zero-order valence-corrected chi connectivity index (χ0v) is 9.11. The standard InChI is InChI=1S/C13H18O2/c1-10-4-3-7-13(10,15)9-11-5-2-6-12(14)8-11/h2,5-6,8,10,14-15H,3-4,7,9H2,1H3. The molecule has 82 valence electrons. The highest BCUT2D eigenvalue weighted by molar-refractivity contribution is 5.28. The van der Waals surface area contributed by atoms with Gasteiger partial charge in [0.2, 0.25) is 0 Å². The molecule has 1 aromatic rings. The molecular formula is C13H18O2. The number of aromatic hydroxyl groups is 1. The summed E-state index contributed by atoms with van der Waals surface area (Å²) in [4.78, 5) is 0. The molecule has 1 aromatic carbocycles. The Morgan fingerprint density at radius 3 is 2.87 bits per heavy atom. The third-order valence-electron chi connectivity index (χ3n) is 3.58. The smallest absolute Gasteiger partial charge is 0.115 e. The van der Waals surface area contributed by atoms with Crippen molar-refractivity contribution < 1.29 is 10.2 Å². The number of benzene rings is 1. The summed E-state index contributed by atoms with van der Waals surface area (Å²) in [6, 6.07) is 7.19. The van der Waals surface area contributed by atoms with Gasteiger partial charge in [0.25, 0.3) is 0 Å². The van der Waals surface area contributed by atoms with E-state index in [2.05, 4.69) is 6.92 Å². The topological polar surface area (TPSA) is 40.5 Å². The van der Waals surface area contributed by atoms with E-state index in [1.165, 1.54) is 0 Å². The van der Waals surface area contributed by atoms with Crippen molar-refractivity contribution in [2.75, 3.05) is 0 Å². The van der Waals surface area contributed by atoms with E-state index in [0.717, 1.165) is 24.8 Å². The molecule has 2 nitrogen and oxygen atoms in total. The summed E-state index contributed by atoms with van der Waals surface area (Å²) >= 11 is 0. The van der Waals surface area contributed by atoms with Crippen LogP contribution in [0.3, 0.4) is 0 Å². The van der Waals surface area contributed by atoms with Crippen LogP contribution in [0, 0.1) is 5.92 Å². The Balaban J connectivity index is 2.14. The summed E-state index contributed by atoms with van der Waals surface area (Å²) in [5.41, 5.74) is 0.458. The van der Waals surface area contributed by atoms with Gasteiger partial charge in [-0.15, -0.1) is 0 Å². The van der Waals surface area contributed by atoms with E-state index in [1.807, 2.05) is 12.1 Å². The molecule has 1 aliphatic rings. The molecule has 2 atom stereocenters. The minimum atomic E-state index is -0.562. The first-order chi connectivity index (χ1) is 7.10. The lowest BCUT2D eigenvalue weighted by Gasteiger charge is -2.27. The molecule has 2 heteroatoms. The Morgan fingerprint density at radius 1 is 1.47 bits per heavy atom. The Bertz CT molecular complexity index is 348. The van der Waals surface area contributed by atoms with Gasteiger partial charge in [-0.2, -0.15) is 0 Å². The molecule has 2 unspecified atom stereocenters. The van der Waals surface area contributed by atoms with Gasteiger partial charge in [-0.05, 0) is 36.5 Å². The maximum atomic E-state index is 10.4. The molecule has 2 rings (SSSR count). The van der Waals surface area contributed by atoms with Crippen molar-refractivity contribution >= 4 is 0 Å². The Hall–Kier alpha value is -1.02. The van der Waals surface area contributed by atoms with Crippen molar-refractivity contribution in [3.8, 4) is 5.75 Å². The molecule has 0 aliphatic heterocycles. The molecule has 0 saturated heterocycles. The van der Waals surface area contributed by atoms with Gasteiger partial charge in [0.1, 0.15) is 5.75 Å². The van der Waals surface area contributed by atoms with Crippen LogP contribution in [0.2, 0.25) is 0 Å². The van der Waals surface area contributed by atoms with Gasteiger partial charge < -0.3 is 10.2 Å². The van der Waals surface area contributed by atoms with E-state index in [9.17, 15) is 10.2 Å². The Kier molecular flexibility index (Phi) is 2.70. The van der Waals surface area contributed by atoms with E-state index in [1.54, 1.807) is 12.1 Å². The van der Waals surface area contributed by atoms with Crippen molar-refractivity contribution in [1.29, 1.82) is 0 Å². The Morgan fingerprint density at radius 2 is 2.27 bits per heavy atom. The van der Waals surface area contributed by atoms with Gasteiger partial charge in [0, 0.05) is 6.42 Å². The summed E-state index contributed by atoms with van der Waals surface area (Å²) in [5.74, 6) is 0.640. The third kappa shape index (κ3) is 2.15. The van der Waals surface area contributed by atoms with Crippen LogP contribution < -0.4 is 0 Å². The van der Waals surface area contributed by atoms with E-state index < -0.39 is 5.60 Å². The first-order valence-corrected chi connectivity index (χ1v) is 5.60. The van der Waals surface area contributed by atoms with Crippen LogP contribution in [0.15, 0.2) is 24.3 Å². The summed E-state index contributed by atoms with van der Waals surface area (Å²) in [6.07, 6.45) is 3.75. The summed E-state index contributed by atoms with van der Waals surface area (Å²) in [7, 11) is 0. The van der Waals surface area contributed by atoms with E-state index in [0.29, 0.717) is 12.3 Å². The largest absolute Gasteiger partial charge is 0.508 e. The summed E-state index contributed by atoms with van der Waals surface area (Å²) in [6.45, 7) is 2.11. The second-order valence-corrected chi connectivity index (χ2v) is 4.74. The second-order valence-electron chi connectivity index (χ2n) is 4.74. The third-order valence-corrected chi connectivity index (χ3v) is 3.58.